The summed E-state index contributed by atoms with van der Waals surface area (Å²) < 4.78 is 9.47. The van der Waals surface area contributed by atoms with Gasteiger partial charge in [0.05, 0.1) is 6.10 Å². The first-order valence-corrected chi connectivity index (χ1v) is 5.19. The van der Waals surface area contributed by atoms with Gasteiger partial charge in [-0.05, 0) is 13.8 Å². The van der Waals surface area contributed by atoms with Gasteiger partial charge in [0.25, 0.3) is 0 Å². The van der Waals surface area contributed by atoms with Crippen molar-refractivity contribution in [3.63, 3.8) is 0 Å². The summed E-state index contributed by atoms with van der Waals surface area (Å²) in [7, 11) is 1.42. The maximum atomic E-state index is 11.4. The molecule has 7 heteroatoms. The van der Waals surface area contributed by atoms with E-state index in [1.54, 1.807) is 13.8 Å². The Morgan fingerprint density at radius 3 is 2.24 bits per heavy atom. The van der Waals surface area contributed by atoms with E-state index in [0.29, 0.717) is 0 Å². The molecule has 0 rings (SSSR count). The fourth-order valence-corrected chi connectivity index (χ4v) is 0.948. The van der Waals surface area contributed by atoms with Gasteiger partial charge in [-0.15, -0.1) is 0 Å². The first-order chi connectivity index (χ1) is 7.86. The van der Waals surface area contributed by atoms with Crippen molar-refractivity contribution in [2.75, 3.05) is 13.7 Å². The van der Waals surface area contributed by atoms with Crippen molar-refractivity contribution in [3.05, 3.63) is 0 Å². The summed E-state index contributed by atoms with van der Waals surface area (Å²) >= 11 is 0. The molecule has 0 aromatic rings. The second-order valence-corrected chi connectivity index (χ2v) is 3.57. The lowest BCUT2D eigenvalue weighted by molar-refractivity contribution is -0.142. The second kappa shape index (κ2) is 7.48. The van der Waals surface area contributed by atoms with Crippen LogP contribution < -0.4 is 10.6 Å². The third-order valence-electron chi connectivity index (χ3n) is 1.65. The molecule has 17 heavy (non-hydrogen) atoms. The molecule has 0 aliphatic heterocycles. The van der Waals surface area contributed by atoms with Gasteiger partial charge >= 0.3 is 12.1 Å². The van der Waals surface area contributed by atoms with E-state index in [1.807, 2.05) is 0 Å². The molecule has 2 amide bonds. The predicted molar refractivity (Wildman–Crippen MR) is 59.2 cm³/mol. The molecular weight excluding hydrogens is 228 g/mol. The monoisotopic (exact) mass is 246 g/mol. The van der Waals surface area contributed by atoms with E-state index in [9.17, 15) is 14.4 Å². The van der Waals surface area contributed by atoms with Crippen LogP contribution in [0.25, 0.3) is 0 Å². The topological polar surface area (TPSA) is 93.7 Å². The second-order valence-electron chi connectivity index (χ2n) is 3.57. The first-order valence-electron chi connectivity index (χ1n) is 5.19. The molecule has 1 atom stereocenters. The summed E-state index contributed by atoms with van der Waals surface area (Å²) in [5.41, 5.74) is 0. The summed E-state index contributed by atoms with van der Waals surface area (Å²) in [6.07, 6.45) is -1.03. The molecule has 0 bridgehead atoms. The number of ether oxygens (including phenoxy) is 2. The molecule has 0 spiro atoms. The Balaban J connectivity index is 4.33. The Bertz CT molecular complexity index is 290. The van der Waals surface area contributed by atoms with E-state index in [1.165, 1.54) is 14.0 Å². The third-order valence-corrected chi connectivity index (χ3v) is 1.65. The van der Waals surface area contributed by atoms with Gasteiger partial charge in [-0.3, -0.25) is 9.59 Å². The summed E-state index contributed by atoms with van der Waals surface area (Å²) in [4.78, 5) is 33.3. The number of hydrogen-bond donors (Lipinski definition) is 2. The van der Waals surface area contributed by atoms with Gasteiger partial charge < -0.3 is 20.1 Å². The van der Waals surface area contributed by atoms with E-state index in [-0.39, 0.29) is 12.7 Å². The summed E-state index contributed by atoms with van der Waals surface area (Å²) in [6, 6.07) is -0.963. The summed E-state index contributed by atoms with van der Waals surface area (Å²) in [5.74, 6) is -0.995. The number of esters is 1. The zero-order chi connectivity index (χ0) is 13.4. The van der Waals surface area contributed by atoms with Crippen LogP contribution in [-0.2, 0) is 19.1 Å². The molecule has 7 nitrogen and oxygen atoms in total. The Hall–Kier alpha value is -1.79. The predicted octanol–water partition coefficient (Wildman–Crippen LogP) is -0.201. The minimum Gasteiger partial charge on any atom is -0.463 e. The summed E-state index contributed by atoms with van der Waals surface area (Å²) in [6.45, 7) is 4.34. The smallest absolute Gasteiger partial charge is 0.408 e. The minimum atomic E-state index is -0.963. The maximum absolute atomic E-state index is 11.4. The zero-order valence-corrected chi connectivity index (χ0v) is 10.4. The lowest BCUT2D eigenvalue weighted by atomic mass is 10.3. The maximum Gasteiger partial charge on any atom is 0.408 e. The Morgan fingerprint density at radius 2 is 1.82 bits per heavy atom. The molecule has 0 radical (unpaired) electrons. The number of likely N-dealkylation sites (N-methyl/N-ethyl adjacent to an activating group) is 1. The number of carbonyl (C=O) groups is 3. The van der Waals surface area contributed by atoms with Gasteiger partial charge in [0.1, 0.15) is 12.6 Å². The number of rotatable bonds is 5. The lowest BCUT2D eigenvalue weighted by Crippen LogP contribution is -2.49. The fraction of sp³-hybridized carbons (Fsp3) is 0.700. The average molecular weight is 246 g/mol. The quantitative estimate of drug-likeness (QED) is 0.655. The van der Waals surface area contributed by atoms with Crippen LogP contribution in [0.1, 0.15) is 20.8 Å². The fourth-order valence-electron chi connectivity index (χ4n) is 0.948. The standard InChI is InChI=1S/C10H18N2O5/c1-6(2)17-10(15)12-8(9(14)11-4)5-16-7(3)13/h6,8H,5H2,1-4H3,(H,11,14)(H,12,15). The molecule has 0 aromatic carbocycles. The van der Waals surface area contributed by atoms with Crippen molar-refractivity contribution in [3.8, 4) is 0 Å². The number of alkyl carbamates (subject to hydrolysis) is 1. The molecule has 0 aliphatic carbocycles. The van der Waals surface area contributed by atoms with Crippen LogP contribution in [0.4, 0.5) is 4.79 Å². The average Bonchev–Trinajstić information content (AvgIpc) is 2.21. The molecule has 0 fully saturated rings. The zero-order valence-electron chi connectivity index (χ0n) is 10.4. The van der Waals surface area contributed by atoms with Gasteiger partial charge in [0.15, 0.2) is 0 Å². The lowest BCUT2D eigenvalue weighted by Gasteiger charge is -2.17. The van der Waals surface area contributed by atoms with E-state index < -0.39 is 24.0 Å². The van der Waals surface area contributed by atoms with Crippen LogP contribution in [0.5, 0.6) is 0 Å². The number of hydrogen-bond acceptors (Lipinski definition) is 5. The highest BCUT2D eigenvalue weighted by atomic mass is 16.6. The molecule has 0 saturated heterocycles. The van der Waals surface area contributed by atoms with Crippen LogP contribution in [0.3, 0.4) is 0 Å². The van der Waals surface area contributed by atoms with E-state index >= 15 is 0 Å². The Labute approximate surface area is 99.8 Å². The highest BCUT2D eigenvalue weighted by Gasteiger charge is 2.22. The van der Waals surface area contributed by atoms with E-state index in [0.717, 1.165) is 0 Å². The van der Waals surface area contributed by atoms with Crippen LogP contribution >= 0.6 is 0 Å². The molecule has 0 aliphatic rings. The SMILES string of the molecule is CNC(=O)C(COC(C)=O)NC(=O)OC(C)C. The van der Waals surface area contributed by atoms with Crippen LogP contribution in [0.15, 0.2) is 0 Å². The van der Waals surface area contributed by atoms with Gasteiger partial charge in [0.2, 0.25) is 5.91 Å². The van der Waals surface area contributed by atoms with Crippen LogP contribution in [-0.4, -0.2) is 43.8 Å². The summed E-state index contributed by atoms with van der Waals surface area (Å²) in [5, 5.41) is 4.65. The van der Waals surface area contributed by atoms with E-state index in [4.69, 9.17) is 4.74 Å². The third kappa shape index (κ3) is 7.15. The molecule has 1 unspecified atom stereocenters. The molecule has 0 heterocycles. The number of nitrogens with one attached hydrogen (secondary N) is 2. The van der Waals surface area contributed by atoms with Crippen molar-refractivity contribution in [2.45, 2.75) is 32.9 Å². The molecule has 2 N–H and O–H groups in total. The normalized spacial score (nSPS) is 11.6. The van der Waals surface area contributed by atoms with E-state index in [2.05, 4.69) is 15.4 Å². The van der Waals surface area contributed by atoms with Crippen molar-refractivity contribution in [1.29, 1.82) is 0 Å². The van der Waals surface area contributed by atoms with Crippen molar-refractivity contribution >= 4 is 18.0 Å². The molecule has 98 valence electrons. The highest BCUT2D eigenvalue weighted by Crippen LogP contribution is 1.93. The van der Waals surface area contributed by atoms with Crippen molar-refractivity contribution in [2.24, 2.45) is 0 Å². The van der Waals surface area contributed by atoms with Gasteiger partial charge in [-0.25, -0.2) is 4.79 Å². The number of carbonyl (C=O) groups excluding carboxylic acids is 3. The van der Waals surface area contributed by atoms with Gasteiger partial charge in [0, 0.05) is 14.0 Å². The van der Waals surface area contributed by atoms with Crippen molar-refractivity contribution in [1.82, 2.24) is 10.6 Å². The highest BCUT2D eigenvalue weighted by molar-refractivity contribution is 5.85. The van der Waals surface area contributed by atoms with Crippen LogP contribution in [0.2, 0.25) is 0 Å². The minimum absolute atomic E-state index is 0.234. The first kappa shape index (κ1) is 15.2. The van der Waals surface area contributed by atoms with Crippen molar-refractivity contribution < 1.29 is 23.9 Å². The number of amides is 2. The molecule has 0 aromatic heterocycles. The van der Waals surface area contributed by atoms with Gasteiger partial charge in [-0.2, -0.15) is 0 Å². The Kier molecular flexibility index (Phi) is 6.69. The van der Waals surface area contributed by atoms with Gasteiger partial charge in [-0.1, -0.05) is 0 Å². The Morgan fingerprint density at radius 1 is 1.24 bits per heavy atom. The largest absolute Gasteiger partial charge is 0.463 e. The molecular formula is C10H18N2O5. The van der Waals surface area contributed by atoms with Crippen LogP contribution in [0, 0.1) is 0 Å². The molecule has 0 saturated carbocycles.